The number of nitrogens with one attached hydrogen (secondary N) is 1. The van der Waals surface area contributed by atoms with Gasteiger partial charge in [-0.1, -0.05) is 6.07 Å². The van der Waals surface area contributed by atoms with Crippen LogP contribution in [0.1, 0.15) is 29.4 Å². The molecule has 0 atom stereocenters. The van der Waals surface area contributed by atoms with Gasteiger partial charge in [0.2, 0.25) is 0 Å². The first kappa shape index (κ1) is 19.4. The van der Waals surface area contributed by atoms with Crippen LogP contribution in [0.25, 0.3) is 22.0 Å². The molecule has 10 heteroatoms. The van der Waals surface area contributed by atoms with Gasteiger partial charge in [0.15, 0.2) is 5.82 Å². The molecule has 4 aromatic heterocycles. The third-order valence-corrected chi connectivity index (χ3v) is 6.09. The van der Waals surface area contributed by atoms with Crippen molar-refractivity contribution in [2.75, 3.05) is 6.54 Å². The molecule has 0 radical (unpaired) electrons. The lowest BCUT2D eigenvalue weighted by Crippen LogP contribution is -2.32. The number of thiophene rings is 1. The molecule has 1 aliphatic carbocycles. The minimum Gasteiger partial charge on any atom is -0.349 e. The topological polar surface area (TPSA) is 99.6 Å². The SMILES string of the molecule is Cn1nc(-c2cccs2)cc1C(=O)NCCn1nc(-c2cccnc2)n(C2CC2)c1=O. The van der Waals surface area contributed by atoms with Gasteiger partial charge in [0.1, 0.15) is 11.4 Å². The Balaban J connectivity index is 1.30. The lowest BCUT2D eigenvalue weighted by molar-refractivity contribution is 0.0942. The van der Waals surface area contributed by atoms with Crippen molar-refractivity contribution >= 4 is 17.2 Å². The van der Waals surface area contributed by atoms with Gasteiger partial charge in [0.25, 0.3) is 5.91 Å². The fourth-order valence-corrected chi connectivity index (χ4v) is 4.19. The van der Waals surface area contributed by atoms with E-state index in [1.807, 2.05) is 29.6 Å². The van der Waals surface area contributed by atoms with Crippen molar-refractivity contribution in [2.45, 2.75) is 25.4 Å². The van der Waals surface area contributed by atoms with Crippen LogP contribution in [-0.2, 0) is 13.6 Å². The van der Waals surface area contributed by atoms with E-state index in [-0.39, 0.29) is 30.7 Å². The van der Waals surface area contributed by atoms with Crippen molar-refractivity contribution in [1.82, 2.24) is 34.4 Å². The van der Waals surface area contributed by atoms with Crippen molar-refractivity contribution in [3.63, 3.8) is 0 Å². The number of hydrogen-bond donors (Lipinski definition) is 1. The molecule has 9 nitrogen and oxygen atoms in total. The Kier molecular flexibility index (Phi) is 4.99. The molecule has 1 saturated carbocycles. The summed E-state index contributed by atoms with van der Waals surface area (Å²) in [5.74, 6) is 0.388. The van der Waals surface area contributed by atoms with Crippen molar-refractivity contribution in [1.29, 1.82) is 0 Å². The summed E-state index contributed by atoms with van der Waals surface area (Å²) in [5.41, 5.74) is 1.89. The number of carbonyl (C=O) groups excluding carboxylic acids is 1. The maximum atomic E-state index is 12.9. The van der Waals surface area contributed by atoms with E-state index in [1.54, 1.807) is 46.1 Å². The van der Waals surface area contributed by atoms with E-state index < -0.39 is 0 Å². The van der Waals surface area contributed by atoms with E-state index in [0.717, 1.165) is 29.0 Å². The van der Waals surface area contributed by atoms with Crippen LogP contribution in [0.3, 0.4) is 0 Å². The van der Waals surface area contributed by atoms with Crippen LogP contribution in [0.2, 0.25) is 0 Å². The Morgan fingerprint density at radius 1 is 1.26 bits per heavy atom. The van der Waals surface area contributed by atoms with Crippen molar-refractivity contribution in [3.05, 3.63) is 64.3 Å². The Hall–Kier alpha value is -3.53. The molecular weight excluding hydrogens is 414 g/mol. The predicted octanol–water partition coefficient (Wildman–Crippen LogP) is 2.33. The molecule has 1 amide bonds. The Morgan fingerprint density at radius 3 is 2.84 bits per heavy atom. The smallest absolute Gasteiger partial charge is 0.346 e. The minimum absolute atomic E-state index is 0.156. The zero-order valence-corrected chi connectivity index (χ0v) is 17.7. The molecule has 4 heterocycles. The number of nitrogens with zero attached hydrogens (tertiary/aromatic N) is 6. The highest BCUT2D eigenvalue weighted by Gasteiger charge is 2.30. The van der Waals surface area contributed by atoms with E-state index in [9.17, 15) is 9.59 Å². The standard InChI is InChI=1S/C21H21N7O2S/c1-26-17(12-16(24-26)18-5-3-11-31-18)20(29)23-9-10-27-21(30)28(15-6-7-15)19(25-27)14-4-2-8-22-13-14/h2-5,8,11-13,15H,6-7,9-10H2,1H3,(H,23,29). The molecule has 1 aliphatic rings. The highest BCUT2D eigenvalue weighted by Crippen LogP contribution is 2.36. The van der Waals surface area contributed by atoms with Crippen LogP contribution in [0.4, 0.5) is 0 Å². The highest BCUT2D eigenvalue weighted by atomic mass is 32.1. The van der Waals surface area contributed by atoms with E-state index in [1.165, 1.54) is 4.68 Å². The molecule has 5 rings (SSSR count). The van der Waals surface area contributed by atoms with Gasteiger partial charge in [-0.15, -0.1) is 16.4 Å². The average molecular weight is 436 g/mol. The lowest BCUT2D eigenvalue weighted by atomic mass is 10.3. The normalized spacial score (nSPS) is 13.5. The molecule has 0 aliphatic heterocycles. The summed E-state index contributed by atoms with van der Waals surface area (Å²) in [7, 11) is 1.74. The maximum Gasteiger partial charge on any atom is 0.346 e. The summed E-state index contributed by atoms with van der Waals surface area (Å²) >= 11 is 1.58. The first-order valence-corrected chi connectivity index (χ1v) is 11.0. The number of amides is 1. The minimum atomic E-state index is -0.236. The molecule has 1 fully saturated rings. The number of hydrogen-bond acceptors (Lipinski definition) is 6. The van der Waals surface area contributed by atoms with E-state index in [0.29, 0.717) is 11.5 Å². The van der Waals surface area contributed by atoms with Crippen LogP contribution < -0.4 is 11.0 Å². The second kappa shape index (κ2) is 7.95. The largest absolute Gasteiger partial charge is 0.349 e. The first-order chi connectivity index (χ1) is 15.1. The van der Waals surface area contributed by atoms with Crippen LogP contribution in [0.5, 0.6) is 0 Å². The molecule has 0 spiro atoms. The molecule has 4 aromatic rings. The van der Waals surface area contributed by atoms with Crippen LogP contribution in [0, 0.1) is 0 Å². The monoisotopic (exact) mass is 435 g/mol. The summed E-state index contributed by atoms with van der Waals surface area (Å²) in [5, 5.41) is 13.8. The van der Waals surface area contributed by atoms with Gasteiger partial charge >= 0.3 is 5.69 Å². The summed E-state index contributed by atoms with van der Waals surface area (Å²) in [4.78, 5) is 30.7. The van der Waals surface area contributed by atoms with Gasteiger partial charge in [-0.25, -0.2) is 9.48 Å². The fraction of sp³-hybridized carbons (Fsp3) is 0.286. The van der Waals surface area contributed by atoms with E-state index in [2.05, 4.69) is 20.5 Å². The summed E-state index contributed by atoms with van der Waals surface area (Å²) in [6.45, 7) is 0.569. The van der Waals surface area contributed by atoms with E-state index >= 15 is 0 Å². The molecule has 158 valence electrons. The van der Waals surface area contributed by atoms with E-state index in [4.69, 9.17) is 0 Å². The zero-order valence-electron chi connectivity index (χ0n) is 16.9. The van der Waals surface area contributed by atoms with Gasteiger partial charge in [-0.05, 0) is 42.5 Å². The van der Waals surface area contributed by atoms with Crippen molar-refractivity contribution < 1.29 is 4.79 Å². The second-order valence-electron chi connectivity index (χ2n) is 7.44. The van der Waals surface area contributed by atoms with Gasteiger partial charge in [-0.2, -0.15) is 5.10 Å². The number of aromatic nitrogens is 6. The average Bonchev–Trinajstić information content (AvgIpc) is 3.17. The second-order valence-corrected chi connectivity index (χ2v) is 8.39. The predicted molar refractivity (Wildman–Crippen MR) is 117 cm³/mol. The van der Waals surface area contributed by atoms with Gasteiger partial charge in [-0.3, -0.25) is 19.0 Å². The number of pyridine rings is 1. The Bertz CT molecular complexity index is 1270. The summed E-state index contributed by atoms with van der Waals surface area (Å²) in [6, 6.07) is 9.61. The maximum absolute atomic E-state index is 12.9. The number of aryl methyl sites for hydroxylation is 1. The molecule has 31 heavy (non-hydrogen) atoms. The third kappa shape index (κ3) is 3.81. The van der Waals surface area contributed by atoms with Gasteiger partial charge < -0.3 is 5.32 Å². The lowest BCUT2D eigenvalue weighted by Gasteiger charge is -2.04. The molecule has 1 N–H and O–H groups in total. The fourth-order valence-electron chi connectivity index (χ4n) is 3.51. The molecule has 0 bridgehead atoms. The van der Waals surface area contributed by atoms with Gasteiger partial charge in [0.05, 0.1) is 11.4 Å². The molecule has 0 aromatic carbocycles. The van der Waals surface area contributed by atoms with Crippen LogP contribution >= 0.6 is 11.3 Å². The summed E-state index contributed by atoms with van der Waals surface area (Å²) in [6.07, 6.45) is 5.35. The van der Waals surface area contributed by atoms with Crippen LogP contribution in [-0.4, -0.2) is 41.6 Å². The summed E-state index contributed by atoms with van der Waals surface area (Å²) < 4.78 is 4.73. The molecular formula is C21H21N7O2S. The number of carbonyl (C=O) groups is 1. The highest BCUT2D eigenvalue weighted by molar-refractivity contribution is 7.13. The quantitative estimate of drug-likeness (QED) is 0.480. The first-order valence-electron chi connectivity index (χ1n) is 10.1. The van der Waals surface area contributed by atoms with Crippen molar-refractivity contribution in [3.8, 4) is 22.0 Å². The Morgan fingerprint density at radius 2 is 2.13 bits per heavy atom. The third-order valence-electron chi connectivity index (χ3n) is 5.20. The Labute approximate surface area is 182 Å². The van der Waals surface area contributed by atoms with Crippen LogP contribution in [0.15, 0.2) is 52.9 Å². The number of rotatable bonds is 7. The van der Waals surface area contributed by atoms with Gasteiger partial charge in [0, 0.05) is 37.6 Å². The van der Waals surface area contributed by atoms with Crippen molar-refractivity contribution in [2.24, 2.45) is 7.05 Å². The zero-order chi connectivity index (χ0) is 21.4. The molecule has 0 saturated heterocycles. The molecule has 0 unspecified atom stereocenters.